The first-order valence-electron chi connectivity index (χ1n) is 7.50. The van der Waals surface area contributed by atoms with E-state index in [-0.39, 0.29) is 0 Å². The monoisotopic (exact) mass is 288 g/mol. The maximum atomic E-state index is 4.30. The van der Waals surface area contributed by atoms with Crippen LogP contribution in [0.15, 0.2) is 5.38 Å². The zero-order valence-corrected chi connectivity index (χ0v) is 12.7. The Morgan fingerprint density at radius 3 is 3.05 bits per heavy atom. The van der Waals surface area contributed by atoms with Crippen molar-refractivity contribution in [3.63, 3.8) is 0 Å². The molecule has 0 saturated heterocycles. The van der Waals surface area contributed by atoms with Crippen LogP contribution < -0.4 is 0 Å². The summed E-state index contributed by atoms with van der Waals surface area (Å²) >= 11 is 1.97. The molecular formula is C15H20N4S. The molecule has 20 heavy (non-hydrogen) atoms. The van der Waals surface area contributed by atoms with Crippen molar-refractivity contribution >= 4 is 11.3 Å². The lowest BCUT2D eigenvalue weighted by atomic mass is 9.96. The predicted octanol–water partition coefficient (Wildman–Crippen LogP) is 2.54. The quantitative estimate of drug-likeness (QED) is 0.851. The van der Waals surface area contributed by atoms with Gasteiger partial charge in [0.05, 0.1) is 6.54 Å². The Morgan fingerprint density at radius 2 is 2.10 bits per heavy atom. The van der Waals surface area contributed by atoms with Gasteiger partial charge in [0.15, 0.2) is 0 Å². The first-order chi connectivity index (χ1) is 9.81. The van der Waals surface area contributed by atoms with Gasteiger partial charge in [-0.25, -0.2) is 0 Å². The van der Waals surface area contributed by atoms with E-state index in [1.54, 1.807) is 16.0 Å². The number of hydrogen-bond acceptors (Lipinski definition) is 4. The lowest BCUT2D eigenvalue weighted by Crippen LogP contribution is -2.33. The van der Waals surface area contributed by atoms with Crippen molar-refractivity contribution < 1.29 is 0 Å². The summed E-state index contributed by atoms with van der Waals surface area (Å²) in [5.41, 5.74) is 3.22. The third kappa shape index (κ3) is 2.09. The van der Waals surface area contributed by atoms with E-state index >= 15 is 0 Å². The summed E-state index contributed by atoms with van der Waals surface area (Å²) in [7, 11) is 0. The van der Waals surface area contributed by atoms with Crippen LogP contribution in [0.2, 0.25) is 0 Å². The van der Waals surface area contributed by atoms with Crippen LogP contribution >= 0.6 is 11.3 Å². The number of hydrogen-bond donors (Lipinski definition) is 0. The first kappa shape index (κ1) is 12.5. The molecule has 1 aliphatic heterocycles. The molecular weight excluding hydrogens is 268 g/mol. The predicted molar refractivity (Wildman–Crippen MR) is 79.8 cm³/mol. The molecule has 4 rings (SSSR count). The largest absolute Gasteiger partial charge is 0.313 e. The van der Waals surface area contributed by atoms with Crippen molar-refractivity contribution in [3.05, 3.63) is 33.0 Å². The van der Waals surface area contributed by atoms with Gasteiger partial charge < -0.3 is 4.57 Å². The molecule has 0 amide bonds. The van der Waals surface area contributed by atoms with E-state index < -0.39 is 0 Å². The molecule has 4 nitrogen and oxygen atoms in total. The summed E-state index contributed by atoms with van der Waals surface area (Å²) in [6, 6.07) is 0. The first-order valence-corrected chi connectivity index (χ1v) is 8.38. The maximum absolute atomic E-state index is 4.30. The second-order valence-corrected chi connectivity index (χ2v) is 6.86. The van der Waals surface area contributed by atoms with Gasteiger partial charge in [-0.2, -0.15) is 0 Å². The molecule has 106 valence electrons. The molecule has 0 aromatic carbocycles. The standard InChI is InChI=1S/C15H20N4S/c1-11-16-17-15-9-18(6-7-19(11)15)8-12-10-20-14-5-3-2-4-13(12)14/h10H,2-9H2,1H3. The Morgan fingerprint density at radius 1 is 1.20 bits per heavy atom. The molecule has 2 aliphatic rings. The average molecular weight is 288 g/mol. The molecule has 0 spiro atoms. The topological polar surface area (TPSA) is 34.0 Å². The number of thiophene rings is 1. The molecule has 0 saturated carbocycles. The molecule has 0 N–H and O–H groups in total. The third-order valence-electron chi connectivity index (χ3n) is 4.56. The lowest BCUT2D eigenvalue weighted by molar-refractivity contribution is 0.207. The van der Waals surface area contributed by atoms with Crippen LogP contribution in [0.25, 0.3) is 0 Å². The van der Waals surface area contributed by atoms with E-state index in [0.29, 0.717) is 0 Å². The maximum Gasteiger partial charge on any atom is 0.147 e. The molecule has 0 unspecified atom stereocenters. The van der Waals surface area contributed by atoms with Gasteiger partial charge in [-0.05, 0) is 49.1 Å². The van der Waals surface area contributed by atoms with Crippen molar-refractivity contribution in [1.82, 2.24) is 19.7 Å². The van der Waals surface area contributed by atoms with Crippen LogP contribution in [-0.4, -0.2) is 26.2 Å². The number of rotatable bonds is 2. The molecule has 0 bridgehead atoms. The molecule has 0 fully saturated rings. The highest BCUT2D eigenvalue weighted by Crippen LogP contribution is 2.31. The fourth-order valence-electron chi connectivity index (χ4n) is 3.42. The molecule has 0 atom stereocenters. The van der Waals surface area contributed by atoms with Gasteiger partial charge in [0.1, 0.15) is 11.6 Å². The lowest BCUT2D eigenvalue weighted by Gasteiger charge is -2.28. The Bertz CT molecular complexity index is 628. The Hall–Kier alpha value is -1.20. The molecule has 0 radical (unpaired) electrons. The summed E-state index contributed by atoms with van der Waals surface area (Å²) in [5, 5.41) is 10.9. The second-order valence-electron chi connectivity index (χ2n) is 5.90. The number of nitrogens with zero attached hydrogens (tertiary/aromatic N) is 4. The average Bonchev–Trinajstić information content (AvgIpc) is 3.04. The number of aromatic nitrogens is 3. The molecule has 1 aliphatic carbocycles. The SMILES string of the molecule is Cc1nnc2n1CCN(Cc1csc3c1CCCC3)C2. The van der Waals surface area contributed by atoms with Crippen molar-refractivity contribution in [1.29, 1.82) is 0 Å². The minimum absolute atomic E-state index is 0.936. The van der Waals surface area contributed by atoms with Crippen LogP contribution in [-0.2, 0) is 32.5 Å². The normalized spacial score (nSPS) is 18.9. The van der Waals surface area contributed by atoms with E-state index in [2.05, 4.69) is 25.0 Å². The van der Waals surface area contributed by atoms with Crippen LogP contribution in [0.3, 0.4) is 0 Å². The minimum atomic E-state index is 0.936. The number of aryl methyl sites for hydroxylation is 2. The highest BCUT2D eigenvalue weighted by Gasteiger charge is 2.22. The summed E-state index contributed by atoms with van der Waals surface area (Å²) in [6.07, 6.45) is 5.33. The van der Waals surface area contributed by atoms with Crippen LogP contribution in [0.1, 0.15) is 40.5 Å². The van der Waals surface area contributed by atoms with E-state index in [9.17, 15) is 0 Å². The summed E-state index contributed by atoms with van der Waals surface area (Å²) < 4.78 is 2.25. The summed E-state index contributed by atoms with van der Waals surface area (Å²) in [4.78, 5) is 4.16. The third-order valence-corrected chi connectivity index (χ3v) is 5.70. The van der Waals surface area contributed by atoms with Gasteiger partial charge in [-0.3, -0.25) is 4.90 Å². The molecule has 3 heterocycles. The van der Waals surface area contributed by atoms with Gasteiger partial charge in [0.2, 0.25) is 0 Å². The van der Waals surface area contributed by atoms with Crippen molar-refractivity contribution in [3.8, 4) is 0 Å². The van der Waals surface area contributed by atoms with Crippen LogP contribution in [0.5, 0.6) is 0 Å². The highest BCUT2D eigenvalue weighted by atomic mass is 32.1. The zero-order valence-electron chi connectivity index (χ0n) is 11.9. The Balaban J connectivity index is 1.52. The summed E-state index contributed by atoms with van der Waals surface area (Å²) in [5.74, 6) is 2.17. The van der Waals surface area contributed by atoms with Crippen LogP contribution in [0, 0.1) is 6.92 Å². The molecule has 2 aromatic rings. The van der Waals surface area contributed by atoms with E-state index in [1.165, 1.54) is 25.7 Å². The minimum Gasteiger partial charge on any atom is -0.313 e. The van der Waals surface area contributed by atoms with Crippen molar-refractivity contribution in [2.24, 2.45) is 0 Å². The van der Waals surface area contributed by atoms with Gasteiger partial charge in [0, 0.05) is 24.5 Å². The zero-order chi connectivity index (χ0) is 13.5. The van der Waals surface area contributed by atoms with Gasteiger partial charge in [0.25, 0.3) is 0 Å². The Labute approximate surface area is 123 Å². The number of fused-ring (bicyclic) bond motifs is 2. The second kappa shape index (κ2) is 4.97. The fourth-order valence-corrected chi connectivity index (χ4v) is 4.56. The molecule has 2 aromatic heterocycles. The highest BCUT2D eigenvalue weighted by molar-refractivity contribution is 7.10. The van der Waals surface area contributed by atoms with Gasteiger partial charge in [-0.15, -0.1) is 21.5 Å². The van der Waals surface area contributed by atoms with E-state index in [4.69, 9.17) is 0 Å². The van der Waals surface area contributed by atoms with Gasteiger partial charge in [-0.1, -0.05) is 0 Å². The van der Waals surface area contributed by atoms with Crippen LogP contribution in [0.4, 0.5) is 0 Å². The van der Waals surface area contributed by atoms with Crippen molar-refractivity contribution in [2.45, 2.75) is 52.2 Å². The summed E-state index contributed by atoms with van der Waals surface area (Å²) in [6.45, 7) is 6.20. The van der Waals surface area contributed by atoms with E-state index in [1.807, 2.05) is 18.3 Å². The Kier molecular flexibility index (Phi) is 3.11. The fraction of sp³-hybridized carbons (Fsp3) is 0.600. The van der Waals surface area contributed by atoms with Gasteiger partial charge >= 0.3 is 0 Å². The van der Waals surface area contributed by atoms with E-state index in [0.717, 1.165) is 37.8 Å². The van der Waals surface area contributed by atoms with Crippen molar-refractivity contribution in [2.75, 3.05) is 6.54 Å². The molecule has 5 heteroatoms. The smallest absolute Gasteiger partial charge is 0.147 e.